The highest BCUT2D eigenvalue weighted by molar-refractivity contribution is 5.84. The van der Waals surface area contributed by atoms with E-state index in [0.29, 0.717) is 32.3 Å². The first-order chi connectivity index (χ1) is 14.3. The molecule has 1 aliphatic carbocycles. The molecule has 30 heavy (non-hydrogen) atoms. The SMILES string of the molecule is CC#CC(O)(CC=C[C@H]1[C@H](O)CC(=O)[C@@H]1CCCCOCC(=O)O)CCCCCC. The Kier molecular flexibility index (Phi) is 12.6. The number of rotatable bonds is 15. The van der Waals surface area contributed by atoms with Crippen LogP contribution >= 0.6 is 0 Å². The summed E-state index contributed by atoms with van der Waals surface area (Å²) in [6.45, 7) is 3.90. The molecule has 4 atom stereocenters. The standard InChI is InChI=1S/C24H38O6/c1-3-5-6-8-14-24(29,13-4-2)15-10-12-20-19(21(25)17-22(20)26)11-7-9-16-30-18-23(27)28/h10,12,19-20,22,26,29H,3,5-9,11,14-18H2,1-2H3,(H,27,28)/t19-,20-,22-,24?/m1/s1. The summed E-state index contributed by atoms with van der Waals surface area (Å²) in [6.07, 6.45) is 10.5. The van der Waals surface area contributed by atoms with Crippen molar-refractivity contribution in [3.8, 4) is 11.8 Å². The number of carbonyl (C=O) groups is 2. The zero-order chi connectivity index (χ0) is 22.4. The number of hydrogen-bond donors (Lipinski definition) is 3. The summed E-state index contributed by atoms with van der Waals surface area (Å²) in [6, 6.07) is 0. The predicted molar refractivity (Wildman–Crippen MR) is 116 cm³/mol. The van der Waals surface area contributed by atoms with Gasteiger partial charge in [0.2, 0.25) is 0 Å². The molecule has 3 N–H and O–H groups in total. The van der Waals surface area contributed by atoms with Gasteiger partial charge in [0.15, 0.2) is 0 Å². The van der Waals surface area contributed by atoms with Crippen LogP contribution in [0.5, 0.6) is 0 Å². The first kappa shape index (κ1) is 26.4. The monoisotopic (exact) mass is 422 g/mol. The molecule has 1 fully saturated rings. The number of ketones is 1. The van der Waals surface area contributed by atoms with Gasteiger partial charge in [0.05, 0.1) is 6.10 Å². The number of ether oxygens (including phenoxy) is 1. The summed E-state index contributed by atoms with van der Waals surface area (Å²) in [5.74, 6) is 4.31. The van der Waals surface area contributed by atoms with Crippen molar-refractivity contribution >= 4 is 11.8 Å². The maximum atomic E-state index is 12.3. The van der Waals surface area contributed by atoms with Gasteiger partial charge in [-0.15, -0.1) is 5.92 Å². The molecule has 0 aromatic heterocycles. The minimum Gasteiger partial charge on any atom is -0.480 e. The average Bonchev–Trinajstić information content (AvgIpc) is 2.95. The van der Waals surface area contributed by atoms with Gasteiger partial charge in [0, 0.05) is 31.3 Å². The highest BCUT2D eigenvalue weighted by Crippen LogP contribution is 2.34. The third-order valence-electron chi connectivity index (χ3n) is 5.63. The lowest BCUT2D eigenvalue weighted by atomic mass is 9.87. The van der Waals surface area contributed by atoms with Gasteiger partial charge < -0.3 is 20.1 Å². The quantitative estimate of drug-likeness (QED) is 0.212. The average molecular weight is 423 g/mol. The van der Waals surface area contributed by atoms with E-state index in [4.69, 9.17) is 9.84 Å². The molecule has 0 amide bonds. The highest BCUT2D eigenvalue weighted by atomic mass is 16.5. The van der Waals surface area contributed by atoms with Crippen molar-refractivity contribution in [3.05, 3.63) is 12.2 Å². The van der Waals surface area contributed by atoms with E-state index in [9.17, 15) is 19.8 Å². The van der Waals surface area contributed by atoms with Crippen LogP contribution in [0.2, 0.25) is 0 Å². The van der Waals surface area contributed by atoms with E-state index in [-0.39, 0.29) is 30.6 Å². The molecule has 6 nitrogen and oxygen atoms in total. The molecule has 0 aromatic rings. The first-order valence-electron chi connectivity index (χ1n) is 11.2. The molecule has 1 unspecified atom stereocenters. The molecule has 0 radical (unpaired) electrons. The van der Waals surface area contributed by atoms with E-state index in [1.54, 1.807) is 6.92 Å². The van der Waals surface area contributed by atoms with Crippen LogP contribution in [0.25, 0.3) is 0 Å². The number of carboxylic acids is 1. The molecule has 6 heteroatoms. The molecule has 1 saturated carbocycles. The Hall–Kier alpha value is -1.68. The van der Waals surface area contributed by atoms with Crippen molar-refractivity contribution in [2.45, 2.75) is 89.8 Å². The minimum absolute atomic E-state index is 0.0618. The maximum Gasteiger partial charge on any atom is 0.329 e. The van der Waals surface area contributed by atoms with E-state index < -0.39 is 17.7 Å². The van der Waals surface area contributed by atoms with Gasteiger partial charge in [0.25, 0.3) is 0 Å². The Morgan fingerprint density at radius 1 is 1.27 bits per heavy atom. The Labute approximate surface area is 180 Å². The molecule has 0 heterocycles. The van der Waals surface area contributed by atoms with Crippen LogP contribution in [0.1, 0.15) is 78.1 Å². The summed E-state index contributed by atoms with van der Waals surface area (Å²) in [5.41, 5.74) is -1.07. The van der Waals surface area contributed by atoms with Crippen LogP contribution in [0.4, 0.5) is 0 Å². The summed E-state index contributed by atoms with van der Waals surface area (Å²) in [7, 11) is 0. The van der Waals surface area contributed by atoms with Crippen LogP contribution in [0, 0.1) is 23.7 Å². The Morgan fingerprint density at radius 3 is 2.70 bits per heavy atom. The van der Waals surface area contributed by atoms with Crippen LogP contribution in [0.3, 0.4) is 0 Å². The van der Waals surface area contributed by atoms with Crippen LogP contribution in [-0.4, -0.2) is 52.0 Å². The van der Waals surface area contributed by atoms with Gasteiger partial charge in [-0.1, -0.05) is 50.7 Å². The number of Topliss-reactive ketones (excluding diaryl/α,β-unsaturated/α-hetero) is 1. The lowest BCUT2D eigenvalue weighted by Gasteiger charge is -2.22. The second kappa shape index (κ2) is 14.3. The fourth-order valence-electron chi connectivity index (χ4n) is 4.03. The lowest BCUT2D eigenvalue weighted by molar-refractivity contribution is -0.142. The molecule has 1 aliphatic rings. The van der Waals surface area contributed by atoms with Gasteiger partial charge in [-0.25, -0.2) is 4.79 Å². The number of hydrogen-bond acceptors (Lipinski definition) is 5. The van der Waals surface area contributed by atoms with Crippen molar-refractivity contribution < 1.29 is 29.6 Å². The molecule has 1 rings (SSSR count). The van der Waals surface area contributed by atoms with Crippen LogP contribution in [-0.2, 0) is 14.3 Å². The van der Waals surface area contributed by atoms with Crippen molar-refractivity contribution in [1.29, 1.82) is 0 Å². The van der Waals surface area contributed by atoms with E-state index in [0.717, 1.165) is 32.1 Å². The van der Waals surface area contributed by atoms with Crippen LogP contribution < -0.4 is 0 Å². The zero-order valence-electron chi connectivity index (χ0n) is 18.4. The molecule has 0 aliphatic heterocycles. The van der Waals surface area contributed by atoms with E-state index in [1.807, 2.05) is 12.2 Å². The number of carbonyl (C=O) groups excluding carboxylic acids is 1. The predicted octanol–water partition coefficient (Wildman–Crippen LogP) is 3.50. The Bertz CT molecular complexity index is 617. The summed E-state index contributed by atoms with van der Waals surface area (Å²) >= 11 is 0. The molecular weight excluding hydrogens is 384 g/mol. The third kappa shape index (κ3) is 9.88. The summed E-state index contributed by atoms with van der Waals surface area (Å²) in [4.78, 5) is 22.7. The normalized spacial score (nSPS) is 23.3. The number of carboxylic acid groups (broad SMARTS) is 1. The summed E-state index contributed by atoms with van der Waals surface area (Å²) in [5, 5.41) is 29.7. The smallest absolute Gasteiger partial charge is 0.329 e. The van der Waals surface area contributed by atoms with Crippen molar-refractivity contribution in [3.63, 3.8) is 0 Å². The number of aliphatic hydroxyl groups is 2. The van der Waals surface area contributed by atoms with E-state index in [1.165, 1.54) is 0 Å². The van der Waals surface area contributed by atoms with Gasteiger partial charge in [-0.05, 0) is 32.6 Å². The highest BCUT2D eigenvalue weighted by Gasteiger charge is 2.39. The molecular formula is C24H38O6. The molecule has 0 bridgehead atoms. The molecule has 0 saturated heterocycles. The van der Waals surface area contributed by atoms with Crippen molar-refractivity contribution in [2.24, 2.45) is 11.8 Å². The number of unbranched alkanes of at least 4 members (excludes halogenated alkanes) is 4. The summed E-state index contributed by atoms with van der Waals surface area (Å²) < 4.78 is 5.02. The second-order valence-corrected chi connectivity index (χ2v) is 8.21. The van der Waals surface area contributed by atoms with Crippen molar-refractivity contribution in [1.82, 2.24) is 0 Å². The van der Waals surface area contributed by atoms with E-state index >= 15 is 0 Å². The minimum atomic E-state index is -1.07. The Morgan fingerprint density at radius 2 is 2.03 bits per heavy atom. The third-order valence-corrected chi connectivity index (χ3v) is 5.63. The molecule has 0 spiro atoms. The van der Waals surface area contributed by atoms with Crippen molar-refractivity contribution in [2.75, 3.05) is 13.2 Å². The largest absolute Gasteiger partial charge is 0.480 e. The first-order valence-corrected chi connectivity index (χ1v) is 11.2. The topological polar surface area (TPSA) is 104 Å². The lowest BCUT2D eigenvalue weighted by Crippen LogP contribution is -2.26. The van der Waals surface area contributed by atoms with Gasteiger partial charge in [-0.2, -0.15) is 0 Å². The fourth-order valence-corrected chi connectivity index (χ4v) is 4.03. The maximum absolute atomic E-state index is 12.3. The number of aliphatic carboxylic acids is 1. The Balaban J connectivity index is 2.56. The molecule has 170 valence electrons. The van der Waals surface area contributed by atoms with Crippen LogP contribution in [0.15, 0.2) is 12.2 Å². The van der Waals surface area contributed by atoms with Gasteiger partial charge in [0.1, 0.15) is 18.0 Å². The fraction of sp³-hybridized carbons (Fsp3) is 0.750. The van der Waals surface area contributed by atoms with Gasteiger partial charge in [-0.3, -0.25) is 4.79 Å². The second-order valence-electron chi connectivity index (χ2n) is 8.21. The zero-order valence-corrected chi connectivity index (χ0v) is 18.4. The van der Waals surface area contributed by atoms with Gasteiger partial charge >= 0.3 is 5.97 Å². The van der Waals surface area contributed by atoms with E-state index in [2.05, 4.69) is 18.8 Å². The molecule has 0 aromatic carbocycles. The number of aliphatic hydroxyl groups excluding tert-OH is 1.